The van der Waals surface area contributed by atoms with Gasteiger partial charge in [0.15, 0.2) is 0 Å². The Kier molecular flexibility index (Phi) is 13.4. The van der Waals surface area contributed by atoms with Gasteiger partial charge in [0, 0.05) is 20.0 Å². The number of halogens is 3. The van der Waals surface area contributed by atoms with Crippen LogP contribution in [0.25, 0.3) is 0 Å². The van der Waals surface area contributed by atoms with Gasteiger partial charge in [-0.1, -0.05) is 87.1 Å². The Hall–Kier alpha value is 2.38. The van der Waals surface area contributed by atoms with Crippen molar-refractivity contribution < 1.29 is 20.8 Å². The van der Waals surface area contributed by atoms with Gasteiger partial charge in [0.25, 0.3) is 0 Å². The molecule has 0 aromatic rings. The van der Waals surface area contributed by atoms with E-state index in [1.165, 1.54) is 37.6 Å². The fourth-order valence-electron chi connectivity index (χ4n) is 6.27. The maximum atomic E-state index is 4.93. The molecule has 0 N–H and O–H groups in total. The van der Waals surface area contributed by atoms with Crippen LogP contribution in [0.15, 0.2) is 0 Å². The number of alkyl halides is 1. The first kappa shape index (κ1) is 28.4. The summed E-state index contributed by atoms with van der Waals surface area (Å²) in [6, 6.07) is 0. The van der Waals surface area contributed by atoms with Gasteiger partial charge in [-0.2, -0.15) is 0 Å². The molecule has 3 rings (SSSR count). The van der Waals surface area contributed by atoms with Gasteiger partial charge in [-0.15, -0.1) is 0 Å². The maximum absolute atomic E-state index is 4.93. The Morgan fingerprint density at radius 2 is 1.27 bits per heavy atom. The van der Waals surface area contributed by atoms with E-state index in [2.05, 4.69) is 42.1 Å². The van der Waals surface area contributed by atoms with Crippen LogP contribution < -0.4 is 0 Å². The zero-order valence-corrected chi connectivity index (χ0v) is 25.4. The fraction of sp³-hybridized carbons (Fsp3) is 0.900. The molecule has 0 aliphatic heterocycles. The quantitative estimate of drug-likeness (QED) is 0.178. The Morgan fingerprint density at radius 1 is 0.731 bits per heavy atom. The number of rotatable bonds is 3. The average molecular weight is 580 g/mol. The molecule has 0 bridgehead atoms. The Bertz CT molecular complexity index is 403. The third-order valence-corrected chi connectivity index (χ3v) is 30.3. The van der Waals surface area contributed by atoms with Gasteiger partial charge in [-0.25, -0.2) is 0 Å². The topological polar surface area (TPSA) is 0 Å². The fourth-order valence-corrected chi connectivity index (χ4v) is 21.5. The van der Waals surface area contributed by atoms with Crippen molar-refractivity contribution in [3.8, 4) is 0 Å². The van der Waals surface area contributed by atoms with E-state index in [4.69, 9.17) is 17.0 Å². The van der Waals surface area contributed by atoms with E-state index in [0.29, 0.717) is 0 Å². The number of hydrogen-bond donors (Lipinski definition) is 0. The Labute approximate surface area is 193 Å². The van der Waals surface area contributed by atoms with Crippen LogP contribution in [-0.2, 0) is 20.8 Å². The molecule has 0 nitrogen and oxygen atoms in total. The Morgan fingerprint density at radius 3 is 1.81 bits per heavy atom. The van der Waals surface area contributed by atoms with Crippen LogP contribution >= 0.6 is 33.0 Å². The van der Waals surface area contributed by atoms with Gasteiger partial charge in [0.05, 0.1) is 0 Å². The van der Waals surface area contributed by atoms with Crippen molar-refractivity contribution in [3.63, 3.8) is 0 Å². The first-order valence-corrected chi connectivity index (χ1v) is 24.3. The zero-order chi connectivity index (χ0) is 18.0. The standard InChI is InChI=1S/C18H35BrSi2.2CH3.2ClH.Zr/c1-20(2,14-8-5-6-9-14)21(3,4)18-13-12-15-16(18)10-7-11-17(15)19;;;;;/h14-18H,5-13H2,1-4H3;2*1H3;2*1H;/q;2*-1;;;+4/p-2. The summed E-state index contributed by atoms with van der Waals surface area (Å²) >= 11 is 3.21. The molecule has 0 radical (unpaired) electrons. The molecule has 154 valence electrons. The molecule has 0 saturated heterocycles. The van der Waals surface area contributed by atoms with Gasteiger partial charge in [-0.3, -0.25) is 0 Å². The van der Waals surface area contributed by atoms with Crippen molar-refractivity contribution in [2.75, 3.05) is 0 Å². The molecule has 0 heterocycles. The molecule has 3 fully saturated rings. The summed E-state index contributed by atoms with van der Waals surface area (Å²) in [7, 11) is 7.75. The van der Waals surface area contributed by atoms with Crippen LogP contribution in [0.5, 0.6) is 0 Å². The Balaban J connectivity index is 0.00000117. The van der Waals surface area contributed by atoms with E-state index in [1.807, 2.05) is 0 Å². The second kappa shape index (κ2) is 12.3. The van der Waals surface area contributed by atoms with Crippen LogP contribution in [0.3, 0.4) is 0 Å². The molecule has 0 spiro atoms. The van der Waals surface area contributed by atoms with E-state index in [9.17, 15) is 0 Å². The van der Waals surface area contributed by atoms with Crippen molar-refractivity contribution in [2.24, 2.45) is 11.8 Å². The second-order valence-corrected chi connectivity index (χ2v) is 30.5. The van der Waals surface area contributed by atoms with Gasteiger partial charge >= 0.3 is 37.9 Å². The summed E-state index contributed by atoms with van der Waals surface area (Å²) in [4.78, 5) is 0.849. The summed E-state index contributed by atoms with van der Waals surface area (Å²) in [5.74, 6) is 2.13. The van der Waals surface area contributed by atoms with E-state index in [0.717, 1.165) is 22.2 Å². The minimum atomic E-state index is -1.08. The van der Waals surface area contributed by atoms with Crippen LogP contribution in [0, 0.1) is 26.7 Å². The monoisotopic (exact) mass is 576 g/mol. The summed E-state index contributed by atoms with van der Waals surface area (Å²) in [5.41, 5.74) is 2.33. The predicted molar refractivity (Wildman–Crippen MR) is 128 cm³/mol. The molecular weight excluding hydrogens is 538 g/mol. The van der Waals surface area contributed by atoms with Crippen molar-refractivity contribution in [2.45, 2.75) is 99.9 Å². The molecule has 6 heteroatoms. The SMILES string of the molecule is C[Si](C)(C1CCCC1)[Si](C)(C)C1CCC2C(Br)CCCC21.[CH3-].[CH3-].[Cl][Zr+2][Cl]. The van der Waals surface area contributed by atoms with E-state index >= 15 is 0 Å². The summed E-state index contributed by atoms with van der Waals surface area (Å²) in [6.07, 6.45) is 13.8. The minimum absolute atomic E-state index is 0. The molecule has 4 atom stereocenters. The molecule has 0 amide bonds. The number of hydrogen-bond acceptors (Lipinski definition) is 0. The number of fused-ring (bicyclic) bond motifs is 1. The molecule has 26 heavy (non-hydrogen) atoms. The third-order valence-electron chi connectivity index (χ3n) is 8.32. The van der Waals surface area contributed by atoms with Gasteiger partial charge in [-0.05, 0) is 35.8 Å². The average Bonchev–Trinajstić information content (AvgIpc) is 3.18. The third kappa shape index (κ3) is 5.96. The molecular formula is C20H41BrCl2Si2Zr. The molecule has 3 saturated carbocycles. The molecule has 3 aliphatic rings. The van der Waals surface area contributed by atoms with E-state index in [1.54, 1.807) is 25.7 Å². The molecule has 0 aromatic carbocycles. The predicted octanol–water partition coefficient (Wildman–Crippen LogP) is 9.05. The van der Waals surface area contributed by atoms with Crippen LogP contribution in [0.4, 0.5) is 0 Å². The summed E-state index contributed by atoms with van der Waals surface area (Å²) in [6.45, 7) is 11.2. The summed E-state index contributed by atoms with van der Waals surface area (Å²) < 4.78 is 0. The zero-order valence-electron chi connectivity index (χ0n) is 17.9. The van der Waals surface area contributed by atoms with Crippen molar-refractivity contribution >= 4 is 48.1 Å². The molecule has 4 unspecified atom stereocenters. The first-order valence-electron chi connectivity index (χ1n) is 9.87. The van der Waals surface area contributed by atoms with Gasteiger partial charge in [0.2, 0.25) is 0 Å². The van der Waals surface area contributed by atoms with E-state index < -0.39 is 36.0 Å². The molecule has 3 aliphatic carbocycles. The van der Waals surface area contributed by atoms with Gasteiger partial charge in [0.1, 0.15) is 0 Å². The molecule has 0 aromatic heterocycles. The summed E-state index contributed by atoms with van der Waals surface area (Å²) in [5, 5.41) is 0. The van der Waals surface area contributed by atoms with Crippen LogP contribution in [0.1, 0.15) is 57.8 Å². The normalized spacial score (nSPS) is 31.7. The van der Waals surface area contributed by atoms with Crippen molar-refractivity contribution in [1.82, 2.24) is 0 Å². The van der Waals surface area contributed by atoms with Crippen LogP contribution in [-0.4, -0.2) is 20.0 Å². The van der Waals surface area contributed by atoms with Crippen molar-refractivity contribution in [3.05, 3.63) is 14.9 Å². The van der Waals surface area contributed by atoms with E-state index in [-0.39, 0.29) is 14.9 Å². The first-order chi connectivity index (χ1) is 11.3. The van der Waals surface area contributed by atoms with Crippen LogP contribution in [0.2, 0.25) is 37.3 Å². The second-order valence-electron chi connectivity index (χ2n) is 9.45. The van der Waals surface area contributed by atoms with Gasteiger partial charge < -0.3 is 14.9 Å². The van der Waals surface area contributed by atoms with Crippen molar-refractivity contribution in [1.29, 1.82) is 0 Å².